The maximum absolute atomic E-state index is 12.3. The summed E-state index contributed by atoms with van der Waals surface area (Å²) in [5.41, 5.74) is 3.48. The highest BCUT2D eigenvalue weighted by atomic mass is 16.7. The molecular formula is C29H38N2O7. The topological polar surface area (TPSA) is 118 Å². The van der Waals surface area contributed by atoms with Gasteiger partial charge < -0.3 is 29.7 Å². The van der Waals surface area contributed by atoms with E-state index < -0.39 is 12.3 Å². The maximum Gasteiger partial charge on any atom is 0.303 e. The van der Waals surface area contributed by atoms with E-state index in [0.29, 0.717) is 31.4 Å². The minimum absolute atomic E-state index is 0.00477. The number of carbonyl (C=O) groups excluding carboxylic acids is 1. The van der Waals surface area contributed by atoms with Crippen molar-refractivity contribution in [2.75, 3.05) is 38.2 Å². The lowest BCUT2D eigenvalue weighted by Gasteiger charge is -2.39. The van der Waals surface area contributed by atoms with Gasteiger partial charge in [0.15, 0.2) is 6.29 Å². The number of aliphatic carboxylic acids is 1. The van der Waals surface area contributed by atoms with Crippen LogP contribution in [-0.4, -0.2) is 65.9 Å². The molecule has 2 aliphatic rings. The summed E-state index contributed by atoms with van der Waals surface area (Å²) in [4.78, 5) is 25.2. The third-order valence-corrected chi connectivity index (χ3v) is 6.94. The zero-order valence-corrected chi connectivity index (χ0v) is 21.7. The van der Waals surface area contributed by atoms with Crippen LogP contribution in [0, 0.1) is 0 Å². The second-order valence-corrected chi connectivity index (χ2v) is 9.89. The van der Waals surface area contributed by atoms with Gasteiger partial charge in [-0.1, -0.05) is 42.8 Å². The normalized spacial score (nSPS) is 22.2. The molecule has 0 saturated carbocycles. The molecule has 0 aliphatic carbocycles. The van der Waals surface area contributed by atoms with Gasteiger partial charge in [0.25, 0.3) is 0 Å². The molecule has 1 amide bonds. The molecular weight excluding hydrogens is 488 g/mol. The summed E-state index contributed by atoms with van der Waals surface area (Å²) in [5, 5.41) is 21.0. The van der Waals surface area contributed by atoms with Gasteiger partial charge in [-0.3, -0.25) is 14.5 Å². The Kier molecular flexibility index (Phi) is 10.7. The summed E-state index contributed by atoms with van der Waals surface area (Å²) < 4.78 is 18.3. The number of morpholine rings is 1. The first-order valence-corrected chi connectivity index (χ1v) is 13.4. The Morgan fingerprint density at radius 1 is 0.895 bits per heavy atom. The van der Waals surface area contributed by atoms with Gasteiger partial charge in [-0.2, -0.15) is 0 Å². The molecule has 3 N–H and O–H groups in total. The van der Waals surface area contributed by atoms with Crippen molar-refractivity contribution in [1.82, 2.24) is 4.90 Å². The molecule has 0 bridgehead atoms. The highest BCUT2D eigenvalue weighted by molar-refractivity contribution is 5.90. The van der Waals surface area contributed by atoms with Crippen LogP contribution < -0.4 is 5.32 Å². The lowest BCUT2D eigenvalue weighted by molar-refractivity contribution is -0.253. The number of carboxylic acids is 1. The van der Waals surface area contributed by atoms with Crippen LogP contribution in [0.3, 0.4) is 0 Å². The number of hydrogen-bond acceptors (Lipinski definition) is 7. The van der Waals surface area contributed by atoms with E-state index in [9.17, 15) is 14.7 Å². The predicted octanol–water partition coefficient (Wildman–Crippen LogP) is 4.03. The van der Waals surface area contributed by atoms with Crippen LogP contribution in [-0.2, 0) is 30.4 Å². The lowest BCUT2D eigenvalue weighted by atomic mass is 9.99. The number of ether oxygens (including phenoxy) is 3. The number of unbranched alkanes of at least 4 members (excludes halogenated alkanes) is 2. The van der Waals surface area contributed by atoms with Gasteiger partial charge in [0.2, 0.25) is 5.91 Å². The molecule has 4 rings (SSSR count). The van der Waals surface area contributed by atoms with Crippen molar-refractivity contribution in [2.24, 2.45) is 0 Å². The fraction of sp³-hybridized carbons (Fsp3) is 0.517. The summed E-state index contributed by atoms with van der Waals surface area (Å²) in [5.74, 6) is -0.894. The zero-order chi connectivity index (χ0) is 26.7. The lowest BCUT2D eigenvalue weighted by Crippen LogP contribution is -2.44. The van der Waals surface area contributed by atoms with E-state index in [1.807, 2.05) is 48.5 Å². The molecule has 2 aliphatic heterocycles. The van der Waals surface area contributed by atoms with E-state index >= 15 is 0 Å². The second kappa shape index (κ2) is 14.4. The Balaban J connectivity index is 1.37. The van der Waals surface area contributed by atoms with Crippen LogP contribution in [0.5, 0.6) is 0 Å². The van der Waals surface area contributed by atoms with Gasteiger partial charge in [-0.25, -0.2) is 0 Å². The third-order valence-electron chi connectivity index (χ3n) is 6.94. The van der Waals surface area contributed by atoms with Crippen molar-refractivity contribution in [3.8, 4) is 0 Å². The number of benzene rings is 2. The quantitative estimate of drug-likeness (QED) is 0.355. The smallest absolute Gasteiger partial charge is 0.303 e. The molecule has 0 aromatic heterocycles. The highest BCUT2D eigenvalue weighted by Gasteiger charge is 2.33. The number of hydrogen-bond donors (Lipinski definition) is 3. The summed E-state index contributed by atoms with van der Waals surface area (Å²) in [6, 6.07) is 15.4. The van der Waals surface area contributed by atoms with Crippen molar-refractivity contribution in [3.63, 3.8) is 0 Å². The monoisotopic (exact) mass is 526 g/mol. The van der Waals surface area contributed by atoms with Gasteiger partial charge in [-0.15, -0.1) is 0 Å². The maximum atomic E-state index is 12.3. The molecule has 0 spiro atoms. The molecule has 0 unspecified atom stereocenters. The highest BCUT2D eigenvalue weighted by Crippen LogP contribution is 2.38. The van der Waals surface area contributed by atoms with Gasteiger partial charge in [-0.05, 0) is 36.1 Å². The molecule has 38 heavy (non-hydrogen) atoms. The summed E-state index contributed by atoms with van der Waals surface area (Å²) in [6.45, 7) is 4.03. The molecule has 9 nitrogen and oxygen atoms in total. The van der Waals surface area contributed by atoms with E-state index in [1.165, 1.54) is 0 Å². The third kappa shape index (κ3) is 8.61. The average Bonchev–Trinajstić information content (AvgIpc) is 2.93. The molecule has 2 fully saturated rings. The van der Waals surface area contributed by atoms with Crippen LogP contribution in [0.25, 0.3) is 0 Å². The van der Waals surface area contributed by atoms with Crippen molar-refractivity contribution in [1.29, 1.82) is 0 Å². The minimum atomic E-state index is -0.807. The first kappa shape index (κ1) is 28.2. The number of aliphatic hydroxyl groups excluding tert-OH is 1. The van der Waals surface area contributed by atoms with Crippen LogP contribution >= 0.6 is 0 Å². The summed E-state index contributed by atoms with van der Waals surface area (Å²) in [7, 11) is 0. The molecule has 0 radical (unpaired) electrons. The first-order chi connectivity index (χ1) is 18.5. The zero-order valence-electron chi connectivity index (χ0n) is 21.7. The minimum Gasteiger partial charge on any atom is -0.481 e. The van der Waals surface area contributed by atoms with E-state index in [0.717, 1.165) is 56.0 Å². The number of carboxylic acid groups (broad SMARTS) is 1. The summed E-state index contributed by atoms with van der Waals surface area (Å²) in [6.07, 6.45) is 2.47. The fourth-order valence-electron chi connectivity index (χ4n) is 4.79. The van der Waals surface area contributed by atoms with Crippen molar-refractivity contribution >= 4 is 17.6 Å². The molecule has 2 saturated heterocycles. The summed E-state index contributed by atoms with van der Waals surface area (Å²) >= 11 is 0. The average molecular weight is 527 g/mol. The number of carbonyl (C=O) groups is 2. The molecule has 3 atom stereocenters. The number of anilines is 1. The van der Waals surface area contributed by atoms with E-state index in [2.05, 4.69) is 10.2 Å². The van der Waals surface area contributed by atoms with Crippen LogP contribution in [0.1, 0.15) is 67.6 Å². The largest absolute Gasteiger partial charge is 0.481 e. The Bertz CT molecular complexity index is 1020. The van der Waals surface area contributed by atoms with Gasteiger partial charge in [0.1, 0.15) is 0 Å². The second-order valence-electron chi connectivity index (χ2n) is 9.89. The molecule has 206 valence electrons. The van der Waals surface area contributed by atoms with E-state index in [4.69, 9.17) is 19.3 Å². The van der Waals surface area contributed by atoms with Crippen molar-refractivity contribution in [2.45, 2.75) is 63.6 Å². The number of nitrogens with one attached hydrogen (secondary N) is 1. The van der Waals surface area contributed by atoms with Gasteiger partial charge >= 0.3 is 5.97 Å². The number of amides is 1. The Morgan fingerprint density at radius 2 is 1.58 bits per heavy atom. The molecule has 2 heterocycles. The standard InChI is InChI=1S/C29H38N2O7/c32-20-21-6-8-22(9-7-21)26-18-25(19-31-14-16-36-17-15-31)37-29(38-26)23-10-12-24(13-11-23)30-27(33)4-2-1-3-5-28(34)35/h6-13,25-26,29,32H,1-5,14-20H2,(H,30,33)(H,34,35)/t25-,26+,29+/m1/s1. The number of aliphatic hydroxyl groups is 1. The van der Waals surface area contributed by atoms with Crippen LogP contribution in [0.15, 0.2) is 48.5 Å². The Hall–Kier alpha value is -2.82. The predicted molar refractivity (Wildman–Crippen MR) is 141 cm³/mol. The van der Waals surface area contributed by atoms with Crippen LogP contribution in [0.4, 0.5) is 5.69 Å². The first-order valence-electron chi connectivity index (χ1n) is 13.4. The van der Waals surface area contributed by atoms with E-state index in [-0.39, 0.29) is 31.1 Å². The Labute approximate surface area is 223 Å². The Morgan fingerprint density at radius 3 is 2.26 bits per heavy atom. The fourth-order valence-corrected chi connectivity index (χ4v) is 4.79. The van der Waals surface area contributed by atoms with E-state index in [1.54, 1.807) is 0 Å². The molecule has 2 aromatic rings. The SMILES string of the molecule is O=C(O)CCCCCC(=O)Nc1ccc([C@H]2O[C@@H](CN3CCOCC3)C[C@@H](c3ccc(CO)cc3)O2)cc1. The van der Waals surface area contributed by atoms with Crippen molar-refractivity contribution in [3.05, 3.63) is 65.2 Å². The van der Waals surface area contributed by atoms with Crippen LogP contribution in [0.2, 0.25) is 0 Å². The molecule has 9 heteroatoms. The molecule has 2 aromatic carbocycles. The van der Waals surface area contributed by atoms with Gasteiger partial charge in [0.05, 0.1) is 32.0 Å². The van der Waals surface area contributed by atoms with Crippen molar-refractivity contribution < 1.29 is 34.0 Å². The number of nitrogens with zero attached hydrogens (tertiary/aromatic N) is 1. The van der Waals surface area contributed by atoms with Gasteiger partial charge in [0, 0.05) is 50.1 Å². The number of rotatable bonds is 12.